The Labute approximate surface area is 121 Å². The van der Waals surface area contributed by atoms with Crippen LogP contribution in [0.1, 0.15) is 44.9 Å². The quantitative estimate of drug-likeness (QED) is 0.848. The minimum atomic E-state index is -3.16. The van der Waals surface area contributed by atoms with Gasteiger partial charge in [-0.3, -0.25) is 0 Å². The van der Waals surface area contributed by atoms with E-state index in [1.54, 1.807) is 0 Å². The molecule has 116 valence electrons. The van der Waals surface area contributed by atoms with Gasteiger partial charge in [-0.1, -0.05) is 12.8 Å². The van der Waals surface area contributed by atoms with E-state index in [0.29, 0.717) is 44.1 Å². The summed E-state index contributed by atoms with van der Waals surface area (Å²) in [5.41, 5.74) is 6.10. The third kappa shape index (κ3) is 2.89. The van der Waals surface area contributed by atoms with Crippen molar-refractivity contribution in [2.75, 3.05) is 19.0 Å². The van der Waals surface area contributed by atoms with Crippen LogP contribution in [0.2, 0.25) is 0 Å². The summed E-state index contributed by atoms with van der Waals surface area (Å²) in [7, 11) is -3.16. The van der Waals surface area contributed by atoms with Crippen molar-refractivity contribution in [2.45, 2.75) is 62.0 Å². The molecule has 20 heavy (non-hydrogen) atoms. The monoisotopic (exact) mass is 303 g/mol. The van der Waals surface area contributed by atoms with E-state index in [4.69, 9.17) is 15.2 Å². The Morgan fingerprint density at radius 2 is 1.75 bits per heavy atom. The van der Waals surface area contributed by atoms with Gasteiger partial charge in [-0.2, -0.15) is 0 Å². The summed E-state index contributed by atoms with van der Waals surface area (Å²) in [6, 6.07) is -0.278. The zero-order chi connectivity index (χ0) is 14.2. The molecule has 2 aliphatic carbocycles. The van der Waals surface area contributed by atoms with Crippen LogP contribution in [0.4, 0.5) is 0 Å². The van der Waals surface area contributed by atoms with Gasteiger partial charge in [-0.15, -0.1) is 0 Å². The van der Waals surface area contributed by atoms with Crippen molar-refractivity contribution in [1.82, 2.24) is 0 Å². The molecule has 2 atom stereocenters. The third-order valence-corrected chi connectivity index (χ3v) is 7.44. The third-order valence-electron chi connectivity index (χ3n) is 5.07. The molecule has 0 amide bonds. The molecular weight excluding hydrogens is 278 g/mol. The number of hydrogen-bond donors (Lipinski definition) is 1. The lowest BCUT2D eigenvalue weighted by Crippen LogP contribution is -2.53. The number of sulfone groups is 1. The van der Waals surface area contributed by atoms with E-state index in [1.165, 1.54) is 0 Å². The van der Waals surface area contributed by atoms with E-state index in [-0.39, 0.29) is 6.04 Å². The molecule has 3 aliphatic rings. The second-order valence-corrected chi connectivity index (χ2v) is 8.80. The molecule has 6 heteroatoms. The normalized spacial score (nSPS) is 34.9. The van der Waals surface area contributed by atoms with E-state index in [9.17, 15) is 8.42 Å². The summed E-state index contributed by atoms with van der Waals surface area (Å²) in [5, 5.41) is -0.505. The second-order valence-electron chi connectivity index (χ2n) is 6.53. The highest BCUT2D eigenvalue weighted by Gasteiger charge is 2.48. The van der Waals surface area contributed by atoms with E-state index in [2.05, 4.69) is 0 Å². The summed E-state index contributed by atoms with van der Waals surface area (Å²) < 4.78 is 36.8. The lowest BCUT2D eigenvalue weighted by Gasteiger charge is -2.39. The molecule has 1 aliphatic heterocycles. The summed E-state index contributed by atoms with van der Waals surface area (Å²) in [6.07, 6.45) is 6.18. The van der Waals surface area contributed by atoms with Crippen LogP contribution < -0.4 is 5.73 Å². The molecule has 2 saturated carbocycles. The Balaban J connectivity index is 1.72. The molecule has 2 unspecified atom stereocenters. The van der Waals surface area contributed by atoms with Crippen molar-refractivity contribution in [1.29, 1.82) is 0 Å². The second kappa shape index (κ2) is 5.55. The Morgan fingerprint density at radius 1 is 1.10 bits per heavy atom. The fourth-order valence-electron chi connectivity index (χ4n) is 3.91. The molecule has 3 rings (SSSR count). The van der Waals surface area contributed by atoms with Gasteiger partial charge in [0, 0.05) is 18.9 Å². The van der Waals surface area contributed by atoms with Crippen molar-refractivity contribution in [3.8, 4) is 0 Å². The fraction of sp³-hybridized carbons (Fsp3) is 1.00. The fourth-order valence-corrected chi connectivity index (χ4v) is 6.33. The van der Waals surface area contributed by atoms with Crippen molar-refractivity contribution < 1.29 is 17.9 Å². The van der Waals surface area contributed by atoms with Crippen LogP contribution in [0.15, 0.2) is 0 Å². The Kier molecular flexibility index (Phi) is 4.10. The van der Waals surface area contributed by atoms with E-state index in [1.807, 2.05) is 0 Å². The first-order chi connectivity index (χ1) is 9.51. The molecule has 1 spiro atoms. The van der Waals surface area contributed by atoms with Crippen LogP contribution in [0, 0.1) is 5.92 Å². The molecule has 2 N–H and O–H groups in total. The minimum absolute atomic E-state index is 0.278. The van der Waals surface area contributed by atoms with Crippen LogP contribution in [-0.2, 0) is 19.3 Å². The van der Waals surface area contributed by atoms with Crippen LogP contribution in [0.3, 0.4) is 0 Å². The molecule has 0 aromatic heterocycles. The molecular formula is C14H25NO4S. The molecule has 3 fully saturated rings. The van der Waals surface area contributed by atoms with E-state index < -0.39 is 20.9 Å². The largest absolute Gasteiger partial charge is 0.347 e. The number of ether oxygens (including phenoxy) is 2. The predicted molar refractivity (Wildman–Crippen MR) is 76.0 cm³/mol. The van der Waals surface area contributed by atoms with Crippen LogP contribution in [-0.4, -0.2) is 44.5 Å². The predicted octanol–water partition coefficient (Wildman–Crippen LogP) is 1.21. The number of rotatable bonds is 3. The maximum Gasteiger partial charge on any atom is 0.169 e. The van der Waals surface area contributed by atoms with Gasteiger partial charge in [-0.05, 0) is 25.2 Å². The molecule has 0 radical (unpaired) electrons. The zero-order valence-corrected chi connectivity index (χ0v) is 12.7. The molecule has 5 nitrogen and oxygen atoms in total. The molecule has 0 bridgehead atoms. The highest BCUT2D eigenvalue weighted by Crippen LogP contribution is 2.39. The van der Waals surface area contributed by atoms with Gasteiger partial charge in [0.1, 0.15) is 0 Å². The van der Waals surface area contributed by atoms with Crippen LogP contribution in [0.5, 0.6) is 0 Å². The lowest BCUT2D eigenvalue weighted by molar-refractivity contribution is -0.177. The maximum absolute atomic E-state index is 12.7. The molecule has 0 aromatic carbocycles. The minimum Gasteiger partial charge on any atom is -0.347 e. The zero-order valence-electron chi connectivity index (χ0n) is 11.9. The van der Waals surface area contributed by atoms with Crippen LogP contribution in [0.25, 0.3) is 0 Å². The topological polar surface area (TPSA) is 78.6 Å². The Hall–Kier alpha value is -0.170. The van der Waals surface area contributed by atoms with E-state index in [0.717, 1.165) is 25.7 Å². The summed E-state index contributed by atoms with van der Waals surface area (Å²) in [6.45, 7) is 1.12. The molecule has 0 aromatic rings. The SMILES string of the molecule is NC1CCC2(CC1S(=O)(=O)CC1CCCC1)OCCO2. The van der Waals surface area contributed by atoms with Gasteiger partial charge >= 0.3 is 0 Å². The highest BCUT2D eigenvalue weighted by molar-refractivity contribution is 7.92. The standard InChI is InChI=1S/C14H25NO4S/c15-12-5-6-14(18-7-8-19-14)9-13(12)20(16,17)10-11-3-1-2-4-11/h11-13H,1-10,15H2. The maximum atomic E-state index is 12.7. The first-order valence-corrected chi connectivity index (χ1v) is 9.47. The smallest absolute Gasteiger partial charge is 0.169 e. The van der Waals surface area contributed by atoms with Gasteiger partial charge in [0.2, 0.25) is 0 Å². The van der Waals surface area contributed by atoms with Crippen molar-refractivity contribution in [3.05, 3.63) is 0 Å². The number of nitrogens with two attached hydrogens (primary N) is 1. The van der Waals surface area contributed by atoms with Gasteiger partial charge in [0.05, 0.1) is 24.2 Å². The number of hydrogen-bond acceptors (Lipinski definition) is 5. The molecule has 1 heterocycles. The van der Waals surface area contributed by atoms with E-state index >= 15 is 0 Å². The van der Waals surface area contributed by atoms with Crippen molar-refractivity contribution in [2.24, 2.45) is 11.7 Å². The average molecular weight is 303 g/mol. The van der Waals surface area contributed by atoms with Gasteiger partial charge in [0.25, 0.3) is 0 Å². The first-order valence-electron chi connectivity index (χ1n) is 7.76. The van der Waals surface area contributed by atoms with Crippen molar-refractivity contribution >= 4 is 9.84 Å². The van der Waals surface area contributed by atoms with Crippen molar-refractivity contribution in [3.63, 3.8) is 0 Å². The summed E-state index contributed by atoms with van der Waals surface area (Å²) in [4.78, 5) is 0. The molecule has 1 saturated heterocycles. The summed E-state index contributed by atoms with van der Waals surface area (Å²) >= 11 is 0. The Morgan fingerprint density at radius 3 is 2.40 bits per heavy atom. The van der Waals surface area contributed by atoms with Gasteiger partial charge in [-0.25, -0.2) is 8.42 Å². The highest BCUT2D eigenvalue weighted by atomic mass is 32.2. The Bertz CT molecular complexity index is 438. The van der Waals surface area contributed by atoms with Gasteiger partial charge < -0.3 is 15.2 Å². The van der Waals surface area contributed by atoms with Gasteiger partial charge in [0.15, 0.2) is 15.6 Å². The lowest BCUT2D eigenvalue weighted by atomic mass is 9.90. The first kappa shape index (κ1) is 14.8. The van der Waals surface area contributed by atoms with Crippen LogP contribution >= 0.6 is 0 Å². The average Bonchev–Trinajstić information content (AvgIpc) is 3.04. The summed E-state index contributed by atoms with van der Waals surface area (Å²) in [5.74, 6) is -0.0550.